The lowest BCUT2D eigenvalue weighted by molar-refractivity contribution is -0.120. The van der Waals surface area contributed by atoms with Crippen molar-refractivity contribution < 1.29 is 4.79 Å². The minimum absolute atomic E-state index is 0.126. The Balaban J connectivity index is 2.17. The summed E-state index contributed by atoms with van der Waals surface area (Å²) in [5.41, 5.74) is 2.70. The third-order valence-corrected chi connectivity index (χ3v) is 3.17. The predicted molar refractivity (Wildman–Crippen MR) is 80.3 cm³/mol. The molecule has 0 spiro atoms. The Morgan fingerprint density at radius 1 is 1.37 bits per heavy atom. The normalized spacial score (nSPS) is 12.2. The SMILES string of the molecule is CCNC(=O)CCNC(C)CCc1cccc(C)c1. The second kappa shape index (κ2) is 8.70. The maximum absolute atomic E-state index is 11.3. The first kappa shape index (κ1) is 15.7. The van der Waals surface area contributed by atoms with E-state index in [2.05, 4.69) is 48.7 Å². The molecular formula is C16H26N2O. The van der Waals surface area contributed by atoms with Crippen LogP contribution in [0.1, 0.15) is 37.8 Å². The molecule has 2 N–H and O–H groups in total. The number of rotatable bonds is 8. The second-order valence-electron chi connectivity index (χ2n) is 5.09. The first-order chi connectivity index (χ1) is 9.11. The van der Waals surface area contributed by atoms with Gasteiger partial charge < -0.3 is 10.6 Å². The van der Waals surface area contributed by atoms with E-state index in [0.717, 1.165) is 19.4 Å². The molecule has 3 heteroatoms. The fraction of sp³-hybridized carbons (Fsp3) is 0.562. The van der Waals surface area contributed by atoms with Crippen LogP contribution < -0.4 is 10.6 Å². The summed E-state index contributed by atoms with van der Waals surface area (Å²) in [5, 5.41) is 6.20. The van der Waals surface area contributed by atoms with E-state index in [1.165, 1.54) is 11.1 Å². The lowest BCUT2D eigenvalue weighted by atomic mass is 10.0. The molecule has 3 nitrogen and oxygen atoms in total. The summed E-state index contributed by atoms with van der Waals surface area (Å²) in [6.45, 7) is 7.70. The first-order valence-corrected chi connectivity index (χ1v) is 7.17. The summed E-state index contributed by atoms with van der Waals surface area (Å²) >= 11 is 0. The van der Waals surface area contributed by atoms with Crippen molar-refractivity contribution in [1.29, 1.82) is 0 Å². The van der Waals surface area contributed by atoms with Crippen LogP contribution in [0, 0.1) is 6.92 Å². The first-order valence-electron chi connectivity index (χ1n) is 7.17. The van der Waals surface area contributed by atoms with Gasteiger partial charge in [0.05, 0.1) is 0 Å². The van der Waals surface area contributed by atoms with Crippen LogP contribution in [0.5, 0.6) is 0 Å². The molecule has 0 aliphatic rings. The molecule has 1 aromatic rings. The summed E-state index contributed by atoms with van der Waals surface area (Å²) in [6, 6.07) is 9.08. The Labute approximate surface area is 116 Å². The summed E-state index contributed by atoms with van der Waals surface area (Å²) in [5.74, 6) is 0.126. The van der Waals surface area contributed by atoms with Gasteiger partial charge in [-0.25, -0.2) is 0 Å². The molecule has 0 aromatic heterocycles. The van der Waals surface area contributed by atoms with Crippen molar-refractivity contribution in [3.05, 3.63) is 35.4 Å². The average molecular weight is 262 g/mol. The lowest BCUT2D eigenvalue weighted by Gasteiger charge is -2.13. The topological polar surface area (TPSA) is 41.1 Å². The number of nitrogens with one attached hydrogen (secondary N) is 2. The Kier molecular flexibility index (Phi) is 7.19. The molecule has 0 saturated heterocycles. The van der Waals surface area contributed by atoms with Crippen molar-refractivity contribution in [2.24, 2.45) is 0 Å². The summed E-state index contributed by atoms with van der Waals surface area (Å²) in [6.07, 6.45) is 2.73. The Morgan fingerprint density at radius 3 is 2.84 bits per heavy atom. The fourth-order valence-electron chi connectivity index (χ4n) is 2.07. The highest BCUT2D eigenvalue weighted by Crippen LogP contribution is 2.08. The van der Waals surface area contributed by atoms with Crippen molar-refractivity contribution in [2.45, 2.75) is 46.1 Å². The van der Waals surface area contributed by atoms with Gasteiger partial charge in [-0.2, -0.15) is 0 Å². The summed E-state index contributed by atoms with van der Waals surface area (Å²) in [4.78, 5) is 11.3. The zero-order chi connectivity index (χ0) is 14.1. The molecule has 0 aliphatic heterocycles. The summed E-state index contributed by atoms with van der Waals surface area (Å²) < 4.78 is 0. The highest BCUT2D eigenvalue weighted by Gasteiger charge is 2.04. The molecule has 0 aliphatic carbocycles. The van der Waals surface area contributed by atoms with Crippen LogP contribution in [0.2, 0.25) is 0 Å². The molecular weight excluding hydrogens is 236 g/mol. The summed E-state index contributed by atoms with van der Waals surface area (Å²) in [7, 11) is 0. The van der Waals surface area contributed by atoms with Gasteiger partial charge in [0, 0.05) is 25.6 Å². The molecule has 0 heterocycles. The molecule has 106 valence electrons. The van der Waals surface area contributed by atoms with Crippen LogP contribution in [0.3, 0.4) is 0 Å². The van der Waals surface area contributed by atoms with E-state index in [1.807, 2.05) is 6.92 Å². The van der Waals surface area contributed by atoms with Crippen LogP contribution in [0.4, 0.5) is 0 Å². The van der Waals surface area contributed by atoms with Gasteiger partial charge in [-0.3, -0.25) is 4.79 Å². The van der Waals surface area contributed by atoms with Crippen LogP contribution in [-0.4, -0.2) is 25.0 Å². The van der Waals surface area contributed by atoms with Gasteiger partial charge >= 0.3 is 0 Å². The van der Waals surface area contributed by atoms with Crippen LogP contribution in [0.25, 0.3) is 0 Å². The Hall–Kier alpha value is -1.35. The van der Waals surface area contributed by atoms with E-state index >= 15 is 0 Å². The molecule has 1 amide bonds. The average Bonchev–Trinajstić information content (AvgIpc) is 2.37. The smallest absolute Gasteiger partial charge is 0.221 e. The minimum atomic E-state index is 0.126. The molecule has 0 fully saturated rings. The molecule has 1 rings (SSSR count). The van der Waals surface area contributed by atoms with E-state index in [1.54, 1.807) is 0 Å². The van der Waals surface area contributed by atoms with Crippen molar-refractivity contribution in [3.63, 3.8) is 0 Å². The van der Waals surface area contributed by atoms with Crippen molar-refractivity contribution in [2.75, 3.05) is 13.1 Å². The third-order valence-electron chi connectivity index (χ3n) is 3.17. The van der Waals surface area contributed by atoms with E-state index < -0.39 is 0 Å². The zero-order valence-corrected chi connectivity index (χ0v) is 12.3. The highest BCUT2D eigenvalue weighted by molar-refractivity contribution is 5.75. The number of hydrogen-bond acceptors (Lipinski definition) is 2. The van der Waals surface area contributed by atoms with Crippen LogP contribution in [0.15, 0.2) is 24.3 Å². The predicted octanol–water partition coefficient (Wildman–Crippen LogP) is 2.43. The number of aryl methyl sites for hydroxylation is 2. The minimum Gasteiger partial charge on any atom is -0.356 e. The van der Waals surface area contributed by atoms with E-state index in [4.69, 9.17) is 0 Å². The zero-order valence-electron chi connectivity index (χ0n) is 12.3. The monoisotopic (exact) mass is 262 g/mol. The van der Waals surface area contributed by atoms with Gasteiger partial charge in [0.2, 0.25) is 5.91 Å². The van der Waals surface area contributed by atoms with Gasteiger partial charge in [-0.15, -0.1) is 0 Å². The standard InChI is InChI=1S/C16H26N2O/c1-4-17-16(19)10-11-18-14(3)8-9-15-7-5-6-13(2)12-15/h5-7,12,14,18H,4,8-11H2,1-3H3,(H,17,19). The highest BCUT2D eigenvalue weighted by atomic mass is 16.1. The Morgan fingerprint density at radius 2 is 2.16 bits per heavy atom. The molecule has 1 aromatic carbocycles. The molecule has 1 atom stereocenters. The maximum atomic E-state index is 11.3. The molecule has 1 unspecified atom stereocenters. The quantitative estimate of drug-likeness (QED) is 0.755. The van der Waals surface area contributed by atoms with Crippen LogP contribution in [-0.2, 0) is 11.2 Å². The number of carbonyl (C=O) groups is 1. The van der Waals surface area contributed by atoms with E-state index in [0.29, 0.717) is 19.0 Å². The number of hydrogen-bond donors (Lipinski definition) is 2. The van der Waals surface area contributed by atoms with Gasteiger partial charge in [0.1, 0.15) is 0 Å². The number of carbonyl (C=O) groups excluding carboxylic acids is 1. The lowest BCUT2D eigenvalue weighted by Crippen LogP contribution is -2.32. The second-order valence-corrected chi connectivity index (χ2v) is 5.09. The molecule has 0 bridgehead atoms. The van der Waals surface area contributed by atoms with Crippen molar-refractivity contribution >= 4 is 5.91 Å². The molecule has 19 heavy (non-hydrogen) atoms. The van der Waals surface area contributed by atoms with Gasteiger partial charge in [-0.05, 0) is 39.2 Å². The molecule has 0 radical (unpaired) electrons. The largest absolute Gasteiger partial charge is 0.356 e. The fourth-order valence-corrected chi connectivity index (χ4v) is 2.07. The third kappa shape index (κ3) is 6.97. The number of benzene rings is 1. The maximum Gasteiger partial charge on any atom is 0.221 e. The van der Waals surface area contributed by atoms with Gasteiger partial charge in [-0.1, -0.05) is 29.8 Å². The van der Waals surface area contributed by atoms with E-state index in [9.17, 15) is 4.79 Å². The Bertz CT molecular complexity index is 390. The van der Waals surface area contributed by atoms with Crippen molar-refractivity contribution in [3.8, 4) is 0 Å². The molecule has 0 saturated carbocycles. The van der Waals surface area contributed by atoms with Gasteiger partial charge in [0.25, 0.3) is 0 Å². The number of amides is 1. The van der Waals surface area contributed by atoms with E-state index in [-0.39, 0.29) is 5.91 Å². The van der Waals surface area contributed by atoms with Crippen molar-refractivity contribution in [1.82, 2.24) is 10.6 Å². The van der Waals surface area contributed by atoms with Gasteiger partial charge in [0.15, 0.2) is 0 Å². The van der Waals surface area contributed by atoms with Crippen LogP contribution >= 0.6 is 0 Å².